The quantitative estimate of drug-likeness (QED) is 0.451. The maximum Gasteiger partial charge on any atom is 0.292 e. The number of fused-ring (bicyclic) bond motifs is 1. The largest absolute Gasteiger partial charge is 0.378 e. The summed E-state index contributed by atoms with van der Waals surface area (Å²) in [6.45, 7) is 4.98. The van der Waals surface area contributed by atoms with Crippen LogP contribution in [0.2, 0.25) is 0 Å². The highest BCUT2D eigenvalue weighted by Crippen LogP contribution is 2.33. The molecule has 2 aliphatic heterocycles. The third-order valence-electron chi connectivity index (χ3n) is 6.44. The number of morpholine rings is 1. The van der Waals surface area contributed by atoms with Crippen LogP contribution in [0.3, 0.4) is 0 Å². The Hall–Kier alpha value is -3.65. The van der Waals surface area contributed by atoms with Crippen molar-refractivity contribution in [1.82, 2.24) is 4.90 Å². The normalized spacial score (nSPS) is 16.8. The first-order valence-corrected chi connectivity index (χ1v) is 11.2. The molecule has 0 unspecified atom stereocenters. The monoisotopic (exact) mass is 446 g/mol. The molecule has 33 heavy (non-hydrogen) atoms. The molecule has 0 atom stereocenters. The van der Waals surface area contributed by atoms with Gasteiger partial charge in [-0.25, -0.2) is 0 Å². The number of anilines is 2. The molecule has 0 aromatic heterocycles. The molecule has 0 spiro atoms. The highest BCUT2D eigenvalue weighted by Gasteiger charge is 2.26. The number of rotatable bonds is 4. The van der Waals surface area contributed by atoms with Gasteiger partial charge in [0.15, 0.2) is 0 Å². The van der Waals surface area contributed by atoms with E-state index in [1.54, 1.807) is 6.07 Å². The second kappa shape index (κ2) is 9.07. The highest BCUT2D eigenvalue weighted by molar-refractivity contribution is 5.98. The number of hydrogen-bond donors (Lipinski definition) is 0. The van der Waals surface area contributed by atoms with E-state index in [9.17, 15) is 14.9 Å². The molecule has 0 bridgehead atoms. The average molecular weight is 447 g/mol. The van der Waals surface area contributed by atoms with E-state index in [0.29, 0.717) is 63.7 Å². The molecule has 0 aliphatic carbocycles. The first-order valence-electron chi connectivity index (χ1n) is 11.2. The first-order chi connectivity index (χ1) is 16.1. The van der Waals surface area contributed by atoms with Crippen LogP contribution in [-0.2, 0) is 4.74 Å². The molecule has 170 valence electrons. The minimum absolute atomic E-state index is 0.0399. The van der Waals surface area contributed by atoms with Gasteiger partial charge >= 0.3 is 0 Å². The van der Waals surface area contributed by atoms with Crippen LogP contribution in [0.15, 0.2) is 60.7 Å². The van der Waals surface area contributed by atoms with Crippen molar-refractivity contribution in [2.24, 2.45) is 0 Å². The molecule has 8 heteroatoms. The number of carbonyl (C=O) groups excluding carboxylic acids is 1. The van der Waals surface area contributed by atoms with E-state index in [0.717, 1.165) is 16.5 Å². The fourth-order valence-corrected chi connectivity index (χ4v) is 4.59. The number of piperazine rings is 1. The van der Waals surface area contributed by atoms with Gasteiger partial charge in [-0.3, -0.25) is 14.9 Å². The Morgan fingerprint density at radius 1 is 0.818 bits per heavy atom. The number of nitrogens with zero attached hydrogens (tertiary/aromatic N) is 4. The zero-order valence-electron chi connectivity index (χ0n) is 18.4. The highest BCUT2D eigenvalue weighted by atomic mass is 16.6. The fraction of sp³-hybridized carbons (Fsp3) is 0.320. The minimum Gasteiger partial charge on any atom is -0.378 e. The van der Waals surface area contributed by atoms with E-state index < -0.39 is 0 Å². The molecule has 5 rings (SSSR count). The Morgan fingerprint density at radius 3 is 2.27 bits per heavy atom. The van der Waals surface area contributed by atoms with Crippen molar-refractivity contribution in [3.63, 3.8) is 0 Å². The number of amides is 1. The summed E-state index contributed by atoms with van der Waals surface area (Å²) in [7, 11) is 0. The Labute approximate surface area is 192 Å². The molecule has 3 aromatic carbocycles. The van der Waals surface area contributed by atoms with Crippen molar-refractivity contribution in [3.05, 3.63) is 76.3 Å². The van der Waals surface area contributed by atoms with Crippen molar-refractivity contribution < 1.29 is 14.5 Å². The molecule has 8 nitrogen and oxygen atoms in total. The summed E-state index contributed by atoms with van der Waals surface area (Å²) in [4.78, 5) is 30.4. The summed E-state index contributed by atoms with van der Waals surface area (Å²) < 4.78 is 5.40. The Morgan fingerprint density at radius 2 is 1.55 bits per heavy atom. The van der Waals surface area contributed by atoms with Gasteiger partial charge < -0.3 is 19.4 Å². The van der Waals surface area contributed by atoms with E-state index in [1.165, 1.54) is 0 Å². The van der Waals surface area contributed by atoms with Gasteiger partial charge in [0.1, 0.15) is 5.69 Å². The van der Waals surface area contributed by atoms with Crippen molar-refractivity contribution >= 4 is 33.7 Å². The lowest BCUT2D eigenvalue weighted by molar-refractivity contribution is -0.384. The van der Waals surface area contributed by atoms with Crippen molar-refractivity contribution in [2.75, 3.05) is 62.3 Å². The zero-order valence-corrected chi connectivity index (χ0v) is 18.4. The van der Waals surface area contributed by atoms with E-state index >= 15 is 0 Å². The van der Waals surface area contributed by atoms with Crippen molar-refractivity contribution in [2.45, 2.75) is 0 Å². The van der Waals surface area contributed by atoms with Gasteiger partial charge in [0.2, 0.25) is 0 Å². The number of benzene rings is 3. The lowest BCUT2D eigenvalue weighted by atomic mass is 10.1. The third kappa shape index (κ3) is 4.34. The van der Waals surface area contributed by atoms with E-state index in [4.69, 9.17) is 4.74 Å². The van der Waals surface area contributed by atoms with Crippen LogP contribution in [0.4, 0.5) is 17.1 Å². The van der Waals surface area contributed by atoms with Crippen LogP contribution in [0.5, 0.6) is 0 Å². The third-order valence-corrected chi connectivity index (χ3v) is 6.44. The molecule has 1 amide bonds. The first kappa shape index (κ1) is 21.2. The lowest BCUT2D eigenvalue weighted by Crippen LogP contribution is -2.48. The van der Waals surface area contributed by atoms with E-state index in [2.05, 4.69) is 4.90 Å². The van der Waals surface area contributed by atoms with Crippen LogP contribution in [0, 0.1) is 10.1 Å². The second-order valence-corrected chi connectivity index (χ2v) is 8.37. The molecule has 0 saturated carbocycles. The SMILES string of the molecule is O=C(c1ccc2ccccc2c1)N1CCN(c2ccc([N+](=O)[O-])c(N3CCOCC3)c2)CC1. The van der Waals surface area contributed by atoms with Crippen LogP contribution in [0.25, 0.3) is 10.8 Å². The number of nitro benzene ring substituents is 1. The Balaban J connectivity index is 1.30. The fourth-order valence-electron chi connectivity index (χ4n) is 4.59. The molecular weight excluding hydrogens is 420 g/mol. The maximum absolute atomic E-state index is 13.1. The number of hydrogen-bond acceptors (Lipinski definition) is 6. The predicted octanol–water partition coefficient (Wildman–Crippen LogP) is 3.55. The van der Waals surface area contributed by atoms with Gasteiger partial charge in [0.25, 0.3) is 11.6 Å². The van der Waals surface area contributed by atoms with E-state index in [-0.39, 0.29) is 16.5 Å². The summed E-state index contributed by atoms with van der Waals surface area (Å²) in [5.41, 5.74) is 2.40. The van der Waals surface area contributed by atoms with Crippen molar-refractivity contribution in [1.29, 1.82) is 0 Å². The van der Waals surface area contributed by atoms with Crippen molar-refractivity contribution in [3.8, 4) is 0 Å². The minimum atomic E-state index is -0.325. The molecular formula is C25H26N4O4. The lowest BCUT2D eigenvalue weighted by Gasteiger charge is -2.37. The predicted molar refractivity (Wildman–Crippen MR) is 128 cm³/mol. The van der Waals surface area contributed by atoms with Gasteiger partial charge in [-0.1, -0.05) is 30.3 Å². The van der Waals surface area contributed by atoms with Gasteiger partial charge in [-0.05, 0) is 35.0 Å². The number of nitro groups is 1. The molecule has 0 radical (unpaired) electrons. The molecule has 2 fully saturated rings. The molecule has 2 saturated heterocycles. The molecule has 3 aromatic rings. The molecule has 2 heterocycles. The Kier molecular flexibility index (Phi) is 5.83. The van der Waals surface area contributed by atoms with Gasteiger partial charge in [-0.15, -0.1) is 0 Å². The van der Waals surface area contributed by atoms with Crippen LogP contribution >= 0.6 is 0 Å². The number of carbonyl (C=O) groups is 1. The Bertz CT molecular complexity index is 1180. The topological polar surface area (TPSA) is 79.2 Å². The smallest absolute Gasteiger partial charge is 0.292 e. The van der Waals surface area contributed by atoms with Gasteiger partial charge in [0.05, 0.1) is 18.1 Å². The molecule has 0 N–H and O–H groups in total. The average Bonchev–Trinajstić information content (AvgIpc) is 2.88. The second-order valence-electron chi connectivity index (χ2n) is 8.37. The van der Waals surface area contributed by atoms with Crippen LogP contribution < -0.4 is 9.80 Å². The standard InChI is InChI=1S/C25H26N4O4/c30-25(21-6-5-19-3-1-2-4-20(19)17-21)28-11-9-26(10-12-28)22-7-8-23(29(31)32)24(18-22)27-13-15-33-16-14-27/h1-8,17-18H,9-16H2. The summed E-state index contributed by atoms with van der Waals surface area (Å²) in [5.74, 6) is 0.0399. The summed E-state index contributed by atoms with van der Waals surface area (Å²) in [6, 6.07) is 19.2. The van der Waals surface area contributed by atoms with Crippen LogP contribution in [-0.4, -0.2) is 68.2 Å². The zero-order chi connectivity index (χ0) is 22.8. The summed E-state index contributed by atoms with van der Waals surface area (Å²) in [6.07, 6.45) is 0. The number of ether oxygens (including phenoxy) is 1. The van der Waals surface area contributed by atoms with E-state index in [1.807, 2.05) is 64.4 Å². The summed E-state index contributed by atoms with van der Waals surface area (Å²) in [5, 5.41) is 13.8. The molecule has 2 aliphatic rings. The van der Waals surface area contributed by atoms with Crippen LogP contribution in [0.1, 0.15) is 10.4 Å². The summed E-state index contributed by atoms with van der Waals surface area (Å²) >= 11 is 0. The van der Waals surface area contributed by atoms with Gasteiger partial charge in [0, 0.05) is 56.6 Å². The maximum atomic E-state index is 13.1. The van der Waals surface area contributed by atoms with Gasteiger partial charge in [-0.2, -0.15) is 0 Å².